The Morgan fingerprint density at radius 3 is 3.09 bits per heavy atom. The molecule has 0 saturated carbocycles. The summed E-state index contributed by atoms with van der Waals surface area (Å²) in [4.78, 5) is 0. The maximum Gasteiger partial charge on any atom is 0.0758 e. The monoisotopic (exact) mass is 154 g/mol. The van der Waals surface area contributed by atoms with E-state index in [1.54, 1.807) is 0 Å². The Hall–Kier alpha value is -0.300. The van der Waals surface area contributed by atoms with Crippen LogP contribution in [0.1, 0.15) is 39.5 Å². The van der Waals surface area contributed by atoms with Crippen molar-refractivity contribution in [2.75, 3.05) is 6.61 Å². The van der Waals surface area contributed by atoms with Crippen LogP contribution in [0.15, 0.2) is 11.6 Å². The molecule has 0 aliphatic carbocycles. The summed E-state index contributed by atoms with van der Waals surface area (Å²) in [6.07, 6.45) is 7.58. The first-order chi connectivity index (χ1) is 5.33. The Labute approximate surface area is 69.4 Å². The van der Waals surface area contributed by atoms with Crippen LogP contribution in [0.2, 0.25) is 0 Å². The number of hydrogen-bond donors (Lipinski definition) is 0. The molecule has 11 heavy (non-hydrogen) atoms. The minimum atomic E-state index is 0.420. The van der Waals surface area contributed by atoms with Gasteiger partial charge in [0.15, 0.2) is 0 Å². The quantitative estimate of drug-likeness (QED) is 0.568. The predicted molar refractivity (Wildman–Crippen MR) is 47.6 cm³/mol. The fraction of sp³-hybridized carbons (Fsp3) is 0.800. The van der Waals surface area contributed by atoms with Crippen LogP contribution in [0.5, 0.6) is 0 Å². The second-order valence-electron chi connectivity index (χ2n) is 3.31. The maximum atomic E-state index is 5.57. The van der Waals surface area contributed by atoms with E-state index in [1.807, 2.05) is 0 Å². The van der Waals surface area contributed by atoms with Gasteiger partial charge >= 0.3 is 0 Å². The SMILES string of the molecule is CCCCC1C=C(C)CCO1. The van der Waals surface area contributed by atoms with Gasteiger partial charge in [-0.25, -0.2) is 0 Å². The molecule has 0 saturated heterocycles. The van der Waals surface area contributed by atoms with Gasteiger partial charge in [-0.1, -0.05) is 31.4 Å². The summed E-state index contributed by atoms with van der Waals surface area (Å²) in [5.74, 6) is 0. The van der Waals surface area contributed by atoms with Crippen molar-refractivity contribution in [1.82, 2.24) is 0 Å². The number of hydrogen-bond acceptors (Lipinski definition) is 1. The first-order valence-corrected chi connectivity index (χ1v) is 4.62. The van der Waals surface area contributed by atoms with Crippen LogP contribution in [0.3, 0.4) is 0 Å². The molecule has 0 aromatic heterocycles. The average molecular weight is 154 g/mol. The van der Waals surface area contributed by atoms with Gasteiger partial charge in [-0.3, -0.25) is 0 Å². The largest absolute Gasteiger partial charge is 0.374 e. The summed E-state index contributed by atoms with van der Waals surface area (Å²) < 4.78 is 5.57. The molecule has 1 rings (SSSR count). The van der Waals surface area contributed by atoms with E-state index in [9.17, 15) is 0 Å². The molecule has 1 heterocycles. The minimum Gasteiger partial charge on any atom is -0.374 e. The van der Waals surface area contributed by atoms with Gasteiger partial charge in [-0.15, -0.1) is 0 Å². The zero-order valence-electron chi connectivity index (χ0n) is 7.60. The van der Waals surface area contributed by atoms with E-state index in [1.165, 1.54) is 24.8 Å². The Morgan fingerprint density at radius 1 is 1.64 bits per heavy atom. The second-order valence-corrected chi connectivity index (χ2v) is 3.31. The second kappa shape index (κ2) is 4.55. The Morgan fingerprint density at radius 2 is 2.45 bits per heavy atom. The zero-order chi connectivity index (χ0) is 8.10. The number of ether oxygens (including phenoxy) is 1. The molecule has 1 aliphatic heterocycles. The van der Waals surface area contributed by atoms with Gasteiger partial charge in [0.1, 0.15) is 0 Å². The molecule has 0 N–H and O–H groups in total. The van der Waals surface area contributed by atoms with Crippen molar-refractivity contribution in [1.29, 1.82) is 0 Å². The van der Waals surface area contributed by atoms with Crippen molar-refractivity contribution >= 4 is 0 Å². The normalized spacial score (nSPS) is 24.9. The highest BCUT2D eigenvalue weighted by molar-refractivity contribution is 5.04. The van der Waals surface area contributed by atoms with E-state index in [2.05, 4.69) is 19.9 Å². The van der Waals surface area contributed by atoms with Crippen molar-refractivity contribution in [3.05, 3.63) is 11.6 Å². The first-order valence-electron chi connectivity index (χ1n) is 4.62. The van der Waals surface area contributed by atoms with Gasteiger partial charge in [-0.05, 0) is 19.8 Å². The smallest absolute Gasteiger partial charge is 0.0758 e. The lowest BCUT2D eigenvalue weighted by Crippen LogP contribution is -2.16. The summed E-state index contributed by atoms with van der Waals surface area (Å²) in [5, 5.41) is 0. The Balaban J connectivity index is 2.28. The third kappa shape index (κ3) is 3.06. The van der Waals surface area contributed by atoms with Crippen LogP contribution >= 0.6 is 0 Å². The van der Waals surface area contributed by atoms with E-state index in [-0.39, 0.29) is 0 Å². The molecule has 1 nitrogen and oxygen atoms in total. The van der Waals surface area contributed by atoms with E-state index in [4.69, 9.17) is 4.74 Å². The number of unbranched alkanes of at least 4 members (excludes halogenated alkanes) is 1. The summed E-state index contributed by atoms with van der Waals surface area (Å²) in [7, 11) is 0. The van der Waals surface area contributed by atoms with E-state index in [0.29, 0.717) is 6.10 Å². The zero-order valence-corrected chi connectivity index (χ0v) is 7.60. The third-order valence-corrected chi connectivity index (χ3v) is 2.14. The van der Waals surface area contributed by atoms with Crippen molar-refractivity contribution in [2.24, 2.45) is 0 Å². The maximum absolute atomic E-state index is 5.57. The molecular weight excluding hydrogens is 136 g/mol. The van der Waals surface area contributed by atoms with Crippen molar-refractivity contribution in [3.63, 3.8) is 0 Å². The van der Waals surface area contributed by atoms with E-state index < -0.39 is 0 Å². The van der Waals surface area contributed by atoms with Gasteiger partial charge < -0.3 is 4.74 Å². The molecule has 0 radical (unpaired) electrons. The van der Waals surface area contributed by atoms with Crippen LogP contribution in [0, 0.1) is 0 Å². The van der Waals surface area contributed by atoms with Gasteiger partial charge in [-0.2, -0.15) is 0 Å². The summed E-state index contributed by atoms with van der Waals surface area (Å²) in [6.45, 7) is 5.34. The summed E-state index contributed by atoms with van der Waals surface area (Å²) in [6, 6.07) is 0. The predicted octanol–water partition coefficient (Wildman–Crippen LogP) is 2.91. The fourth-order valence-corrected chi connectivity index (χ4v) is 1.39. The summed E-state index contributed by atoms with van der Waals surface area (Å²) in [5.41, 5.74) is 1.50. The van der Waals surface area contributed by atoms with Crippen LogP contribution < -0.4 is 0 Å². The standard InChI is InChI=1S/C10H18O/c1-3-4-5-10-8-9(2)6-7-11-10/h8,10H,3-7H2,1-2H3. The molecule has 64 valence electrons. The highest BCUT2D eigenvalue weighted by atomic mass is 16.5. The van der Waals surface area contributed by atoms with Crippen LogP contribution in [-0.2, 0) is 4.74 Å². The molecule has 0 aromatic carbocycles. The van der Waals surface area contributed by atoms with Crippen LogP contribution in [-0.4, -0.2) is 12.7 Å². The van der Waals surface area contributed by atoms with Crippen molar-refractivity contribution in [3.8, 4) is 0 Å². The molecule has 0 fully saturated rings. The van der Waals surface area contributed by atoms with E-state index in [0.717, 1.165) is 13.0 Å². The Bertz CT molecular complexity index is 138. The Kier molecular flexibility index (Phi) is 3.64. The molecule has 0 aromatic rings. The molecule has 1 atom stereocenters. The van der Waals surface area contributed by atoms with Crippen LogP contribution in [0.25, 0.3) is 0 Å². The lowest BCUT2D eigenvalue weighted by Gasteiger charge is -2.19. The topological polar surface area (TPSA) is 9.23 Å². The van der Waals surface area contributed by atoms with Crippen molar-refractivity contribution < 1.29 is 4.74 Å². The molecular formula is C10H18O. The van der Waals surface area contributed by atoms with Gasteiger partial charge in [0.25, 0.3) is 0 Å². The third-order valence-electron chi connectivity index (χ3n) is 2.14. The molecule has 0 amide bonds. The molecule has 0 bridgehead atoms. The van der Waals surface area contributed by atoms with E-state index >= 15 is 0 Å². The highest BCUT2D eigenvalue weighted by Gasteiger charge is 2.09. The van der Waals surface area contributed by atoms with Crippen molar-refractivity contribution in [2.45, 2.75) is 45.6 Å². The van der Waals surface area contributed by atoms with Gasteiger partial charge in [0.2, 0.25) is 0 Å². The first kappa shape index (κ1) is 8.79. The average Bonchev–Trinajstić information content (AvgIpc) is 2.01. The fourth-order valence-electron chi connectivity index (χ4n) is 1.39. The van der Waals surface area contributed by atoms with Gasteiger partial charge in [0.05, 0.1) is 12.7 Å². The molecule has 1 heteroatoms. The molecule has 0 spiro atoms. The molecule has 1 unspecified atom stereocenters. The molecule has 1 aliphatic rings. The van der Waals surface area contributed by atoms with Gasteiger partial charge in [0, 0.05) is 0 Å². The number of rotatable bonds is 3. The lowest BCUT2D eigenvalue weighted by molar-refractivity contribution is 0.0698. The van der Waals surface area contributed by atoms with Crippen LogP contribution in [0.4, 0.5) is 0 Å². The minimum absolute atomic E-state index is 0.420. The summed E-state index contributed by atoms with van der Waals surface area (Å²) >= 11 is 0. The highest BCUT2D eigenvalue weighted by Crippen LogP contribution is 2.16. The lowest BCUT2D eigenvalue weighted by atomic mass is 10.1.